The summed E-state index contributed by atoms with van der Waals surface area (Å²) in [5.74, 6) is -0.112. The highest BCUT2D eigenvalue weighted by Gasteiger charge is 2.17. The van der Waals surface area contributed by atoms with Gasteiger partial charge in [0.1, 0.15) is 5.60 Å². The van der Waals surface area contributed by atoms with E-state index in [0.717, 1.165) is 32.4 Å². The molecule has 0 fully saturated rings. The van der Waals surface area contributed by atoms with E-state index < -0.39 is 0 Å². The van der Waals surface area contributed by atoms with Gasteiger partial charge >= 0.3 is 5.97 Å². The van der Waals surface area contributed by atoms with Gasteiger partial charge in [0, 0.05) is 0 Å². The smallest absolute Gasteiger partial charge is 0.310 e. The van der Waals surface area contributed by atoms with Gasteiger partial charge in [-0.25, -0.2) is 0 Å². The van der Waals surface area contributed by atoms with Crippen molar-refractivity contribution >= 4 is 5.97 Å². The molecule has 0 amide bonds. The van der Waals surface area contributed by atoms with Crippen LogP contribution in [-0.2, 0) is 9.53 Å². The fourth-order valence-electron chi connectivity index (χ4n) is 1.73. The molecule has 0 atom stereocenters. The average molecular weight is 225 g/mol. The van der Waals surface area contributed by atoms with Crippen LogP contribution in [0.25, 0.3) is 0 Å². The molecule has 0 aromatic carbocycles. The Morgan fingerprint density at radius 1 is 1.44 bits per heavy atom. The molecule has 0 spiro atoms. The summed E-state index contributed by atoms with van der Waals surface area (Å²) in [7, 11) is 0. The van der Waals surface area contributed by atoms with Gasteiger partial charge in [-0.1, -0.05) is 11.6 Å². The number of nitrogens with one attached hydrogen (secondary N) is 1. The number of rotatable bonds is 2. The lowest BCUT2D eigenvalue weighted by molar-refractivity contribution is -0.153. The highest BCUT2D eigenvalue weighted by molar-refractivity contribution is 5.72. The monoisotopic (exact) mass is 225 g/mol. The summed E-state index contributed by atoms with van der Waals surface area (Å²) in [4.78, 5) is 11.6. The molecule has 1 aliphatic heterocycles. The molecular formula is C13H23NO2. The fourth-order valence-corrected chi connectivity index (χ4v) is 1.73. The van der Waals surface area contributed by atoms with E-state index in [1.165, 1.54) is 5.57 Å². The van der Waals surface area contributed by atoms with E-state index in [2.05, 4.69) is 11.4 Å². The number of carbonyl (C=O) groups is 1. The molecule has 3 heteroatoms. The number of hydrogen-bond acceptors (Lipinski definition) is 3. The van der Waals surface area contributed by atoms with E-state index in [4.69, 9.17) is 4.74 Å². The zero-order chi connectivity index (χ0) is 12.0. The van der Waals surface area contributed by atoms with Gasteiger partial charge in [0.15, 0.2) is 0 Å². The van der Waals surface area contributed by atoms with Crippen molar-refractivity contribution in [3.05, 3.63) is 11.6 Å². The van der Waals surface area contributed by atoms with E-state index in [0.29, 0.717) is 6.42 Å². The quantitative estimate of drug-likeness (QED) is 0.579. The minimum Gasteiger partial charge on any atom is -0.460 e. The molecule has 3 nitrogen and oxygen atoms in total. The van der Waals surface area contributed by atoms with Gasteiger partial charge in [0.2, 0.25) is 0 Å². The minimum atomic E-state index is -0.377. The molecule has 0 aliphatic carbocycles. The van der Waals surface area contributed by atoms with Crippen LogP contribution in [0.15, 0.2) is 11.6 Å². The molecule has 0 saturated carbocycles. The number of carbonyl (C=O) groups excluding carboxylic acids is 1. The lowest BCUT2D eigenvalue weighted by Crippen LogP contribution is -2.25. The van der Waals surface area contributed by atoms with E-state index in [9.17, 15) is 4.79 Å². The first-order valence-corrected chi connectivity index (χ1v) is 6.08. The Bertz CT molecular complexity index is 264. The Balaban J connectivity index is 2.42. The number of allylic oxidation sites excluding steroid dienone is 1. The maximum atomic E-state index is 11.6. The lowest BCUT2D eigenvalue weighted by Gasteiger charge is -2.20. The Hall–Kier alpha value is -0.830. The third kappa shape index (κ3) is 5.91. The number of ether oxygens (including phenoxy) is 1. The van der Waals surface area contributed by atoms with Crippen molar-refractivity contribution in [2.45, 2.75) is 52.1 Å². The topological polar surface area (TPSA) is 38.3 Å². The Morgan fingerprint density at radius 3 is 2.88 bits per heavy atom. The van der Waals surface area contributed by atoms with E-state index in [1.54, 1.807) is 0 Å². The Kier molecular flexibility index (Phi) is 5.00. The zero-order valence-corrected chi connectivity index (χ0v) is 10.6. The fraction of sp³-hybridized carbons (Fsp3) is 0.769. The van der Waals surface area contributed by atoms with Crippen molar-refractivity contribution in [3.63, 3.8) is 0 Å². The van der Waals surface area contributed by atoms with Gasteiger partial charge in [-0.15, -0.1) is 0 Å². The van der Waals surface area contributed by atoms with E-state index in [-0.39, 0.29) is 11.6 Å². The van der Waals surface area contributed by atoms with Crippen molar-refractivity contribution in [1.82, 2.24) is 5.32 Å². The van der Waals surface area contributed by atoms with E-state index in [1.807, 2.05) is 20.8 Å². The molecule has 92 valence electrons. The van der Waals surface area contributed by atoms with Crippen molar-refractivity contribution in [2.75, 3.05) is 13.1 Å². The zero-order valence-electron chi connectivity index (χ0n) is 10.6. The second-order valence-corrected chi connectivity index (χ2v) is 5.27. The largest absolute Gasteiger partial charge is 0.460 e. The molecule has 0 aromatic rings. The highest BCUT2D eigenvalue weighted by Crippen LogP contribution is 2.15. The van der Waals surface area contributed by atoms with Crippen LogP contribution in [0.5, 0.6) is 0 Å². The van der Waals surface area contributed by atoms with Crippen molar-refractivity contribution in [1.29, 1.82) is 0 Å². The summed E-state index contributed by atoms with van der Waals surface area (Å²) in [6, 6.07) is 0. The standard InChI is InChI=1S/C13H23NO2/c1-13(2,3)16-12(15)10-11-6-4-5-8-14-9-7-11/h6,14H,4-5,7-10H2,1-3H3. The van der Waals surface area contributed by atoms with Gasteiger partial charge in [0.05, 0.1) is 6.42 Å². The molecule has 16 heavy (non-hydrogen) atoms. The van der Waals surface area contributed by atoms with Crippen molar-refractivity contribution in [2.24, 2.45) is 0 Å². The summed E-state index contributed by atoms with van der Waals surface area (Å²) in [5, 5.41) is 3.35. The minimum absolute atomic E-state index is 0.112. The second-order valence-electron chi connectivity index (χ2n) is 5.27. The lowest BCUT2D eigenvalue weighted by atomic mass is 10.0. The average Bonchev–Trinajstić information content (AvgIpc) is 2.06. The first-order chi connectivity index (χ1) is 7.47. The summed E-state index contributed by atoms with van der Waals surface area (Å²) in [6.07, 6.45) is 5.81. The van der Waals surface area contributed by atoms with E-state index >= 15 is 0 Å². The Morgan fingerprint density at radius 2 is 2.19 bits per heavy atom. The van der Waals surface area contributed by atoms with Crippen molar-refractivity contribution < 1.29 is 9.53 Å². The van der Waals surface area contributed by atoms with Crippen LogP contribution < -0.4 is 5.32 Å². The molecule has 1 heterocycles. The highest BCUT2D eigenvalue weighted by atomic mass is 16.6. The summed E-state index contributed by atoms with van der Waals surface area (Å²) < 4.78 is 5.31. The maximum absolute atomic E-state index is 11.6. The van der Waals surface area contributed by atoms with Crippen LogP contribution >= 0.6 is 0 Å². The third-order valence-corrected chi connectivity index (χ3v) is 2.41. The molecule has 1 N–H and O–H groups in total. The predicted molar refractivity (Wildman–Crippen MR) is 65.3 cm³/mol. The summed E-state index contributed by atoms with van der Waals surface area (Å²) in [6.45, 7) is 7.75. The number of hydrogen-bond donors (Lipinski definition) is 1. The molecular weight excluding hydrogens is 202 g/mol. The van der Waals surface area contributed by atoms with Gasteiger partial charge in [0.25, 0.3) is 0 Å². The third-order valence-electron chi connectivity index (χ3n) is 2.41. The van der Waals surface area contributed by atoms with Crippen LogP contribution in [-0.4, -0.2) is 24.7 Å². The SMILES string of the molecule is CC(C)(C)OC(=O)CC1=CCCCNCC1. The number of esters is 1. The first-order valence-electron chi connectivity index (χ1n) is 6.08. The van der Waals surface area contributed by atoms with Gasteiger partial charge in [-0.2, -0.15) is 0 Å². The second kappa shape index (κ2) is 6.04. The maximum Gasteiger partial charge on any atom is 0.310 e. The van der Waals surface area contributed by atoms with Gasteiger partial charge < -0.3 is 10.1 Å². The summed E-state index contributed by atoms with van der Waals surface area (Å²) >= 11 is 0. The van der Waals surface area contributed by atoms with Crippen LogP contribution in [0.2, 0.25) is 0 Å². The van der Waals surface area contributed by atoms with Gasteiger partial charge in [-0.05, 0) is 53.1 Å². The normalized spacial score (nSPS) is 18.3. The van der Waals surface area contributed by atoms with Crippen LogP contribution in [0.4, 0.5) is 0 Å². The predicted octanol–water partition coefficient (Wildman–Crippen LogP) is 2.42. The molecule has 0 bridgehead atoms. The van der Waals surface area contributed by atoms with Crippen molar-refractivity contribution in [3.8, 4) is 0 Å². The molecule has 0 radical (unpaired) electrons. The first kappa shape index (κ1) is 13.2. The molecule has 0 aromatic heterocycles. The molecule has 0 saturated heterocycles. The summed E-state index contributed by atoms with van der Waals surface area (Å²) in [5.41, 5.74) is 0.832. The Labute approximate surface area is 98.2 Å². The van der Waals surface area contributed by atoms with Crippen LogP contribution in [0.1, 0.15) is 46.5 Å². The van der Waals surface area contributed by atoms with Crippen LogP contribution in [0, 0.1) is 0 Å². The molecule has 0 unspecified atom stereocenters. The van der Waals surface area contributed by atoms with Gasteiger partial charge in [-0.3, -0.25) is 4.79 Å². The van der Waals surface area contributed by atoms with Crippen LogP contribution in [0.3, 0.4) is 0 Å². The molecule has 1 aliphatic rings. The molecule has 1 rings (SSSR count).